The highest BCUT2D eigenvalue weighted by atomic mass is 16.7. The predicted molar refractivity (Wildman–Crippen MR) is 68.7 cm³/mol. The second kappa shape index (κ2) is 5.19. The van der Waals surface area contributed by atoms with E-state index in [0.29, 0.717) is 37.6 Å². The minimum atomic E-state index is -0.624. The molecule has 6 nitrogen and oxygen atoms in total. The van der Waals surface area contributed by atoms with Gasteiger partial charge in [0.25, 0.3) is 5.91 Å². The summed E-state index contributed by atoms with van der Waals surface area (Å²) >= 11 is 0. The third kappa shape index (κ3) is 2.38. The number of piperidine rings is 1. The Hall–Kier alpha value is -1.97. The molecular formula is C14H15N3O3. The number of aromatic nitrogens is 1. The summed E-state index contributed by atoms with van der Waals surface area (Å²) in [5, 5.41) is 8.74. The second-order valence-corrected chi connectivity index (χ2v) is 4.98. The zero-order chi connectivity index (χ0) is 14.0. The Balaban J connectivity index is 1.74. The van der Waals surface area contributed by atoms with Gasteiger partial charge in [0.2, 0.25) is 0 Å². The van der Waals surface area contributed by atoms with Gasteiger partial charge in [0.05, 0.1) is 25.3 Å². The maximum Gasteiger partial charge on any atom is 0.272 e. The number of nitriles is 1. The molecule has 0 saturated carbocycles. The van der Waals surface area contributed by atoms with Crippen LogP contribution in [0.15, 0.2) is 18.3 Å². The van der Waals surface area contributed by atoms with Crippen molar-refractivity contribution in [1.82, 2.24) is 9.88 Å². The maximum atomic E-state index is 12.4. The average Bonchev–Trinajstić information content (AvgIpc) is 2.94. The van der Waals surface area contributed by atoms with E-state index in [9.17, 15) is 4.79 Å². The minimum absolute atomic E-state index is 0.146. The van der Waals surface area contributed by atoms with Gasteiger partial charge in [-0.05, 0) is 18.6 Å². The van der Waals surface area contributed by atoms with Gasteiger partial charge in [0.15, 0.2) is 5.79 Å². The van der Waals surface area contributed by atoms with Gasteiger partial charge in [-0.15, -0.1) is 0 Å². The first kappa shape index (κ1) is 13.0. The molecule has 0 aromatic carbocycles. The van der Waals surface area contributed by atoms with E-state index in [0.717, 1.165) is 12.8 Å². The van der Waals surface area contributed by atoms with Crippen molar-refractivity contribution in [3.8, 4) is 6.07 Å². The van der Waals surface area contributed by atoms with Gasteiger partial charge < -0.3 is 14.4 Å². The van der Waals surface area contributed by atoms with Gasteiger partial charge >= 0.3 is 0 Å². The molecule has 0 aliphatic carbocycles. The molecule has 2 saturated heterocycles. The maximum absolute atomic E-state index is 12.4. The highest BCUT2D eigenvalue weighted by Crippen LogP contribution is 2.30. The smallest absolute Gasteiger partial charge is 0.272 e. The molecule has 1 amide bonds. The first-order chi connectivity index (χ1) is 9.72. The molecule has 3 rings (SSSR count). The summed E-state index contributed by atoms with van der Waals surface area (Å²) in [6.45, 7) is 2.27. The van der Waals surface area contributed by atoms with Crippen LogP contribution in [-0.2, 0) is 9.47 Å². The van der Waals surface area contributed by atoms with Crippen LogP contribution in [0.25, 0.3) is 0 Å². The van der Waals surface area contributed by atoms with Crippen molar-refractivity contribution < 1.29 is 14.3 Å². The zero-order valence-corrected chi connectivity index (χ0v) is 11.0. The van der Waals surface area contributed by atoms with Gasteiger partial charge in [-0.2, -0.15) is 5.26 Å². The van der Waals surface area contributed by atoms with E-state index in [1.807, 2.05) is 6.07 Å². The van der Waals surface area contributed by atoms with Crippen molar-refractivity contribution >= 4 is 5.91 Å². The SMILES string of the molecule is N#Cc1ccc(C(=O)N2CCCC3(C2)OCCO3)nc1. The van der Waals surface area contributed by atoms with Crippen LogP contribution in [0.3, 0.4) is 0 Å². The molecule has 2 fully saturated rings. The van der Waals surface area contributed by atoms with Crippen molar-refractivity contribution in [3.05, 3.63) is 29.6 Å². The first-order valence-electron chi connectivity index (χ1n) is 6.66. The topological polar surface area (TPSA) is 75.5 Å². The summed E-state index contributed by atoms with van der Waals surface area (Å²) in [4.78, 5) is 18.2. The lowest BCUT2D eigenvalue weighted by atomic mass is 10.0. The van der Waals surface area contributed by atoms with Crippen LogP contribution in [0.2, 0.25) is 0 Å². The van der Waals surface area contributed by atoms with Gasteiger partial charge in [-0.25, -0.2) is 4.98 Å². The van der Waals surface area contributed by atoms with E-state index in [4.69, 9.17) is 14.7 Å². The lowest BCUT2D eigenvalue weighted by Gasteiger charge is -2.38. The lowest BCUT2D eigenvalue weighted by Crippen LogP contribution is -2.51. The highest BCUT2D eigenvalue weighted by Gasteiger charge is 2.42. The molecule has 2 aliphatic rings. The van der Waals surface area contributed by atoms with Crippen LogP contribution in [0.5, 0.6) is 0 Å². The summed E-state index contributed by atoms with van der Waals surface area (Å²) in [7, 11) is 0. The third-order valence-corrected chi connectivity index (χ3v) is 3.63. The fraction of sp³-hybridized carbons (Fsp3) is 0.500. The molecule has 1 aromatic rings. The molecule has 3 heterocycles. The van der Waals surface area contributed by atoms with Gasteiger partial charge in [0.1, 0.15) is 11.8 Å². The summed E-state index contributed by atoms with van der Waals surface area (Å²) in [6, 6.07) is 5.17. The molecular weight excluding hydrogens is 258 g/mol. The van der Waals surface area contributed by atoms with E-state index < -0.39 is 5.79 Å². The monoisotopic (exact) mass is 273 g/mol. The number of carbonyl (C=O) groups is 1. The first-order valence-corrected chi connectivity index (χ1v) is 6.66. The summed E-state index contributed by atoms with van der Waals surface area (Å²) in [5.74, 6) is -0.770. The fourth-order valence-corrected chi connectivity index (χ4v) is 2.64. The third-order valence-electron chi connectivity index (χ3n) is 3.63. The van der Waals surface area contributed by atoms with Crippen molar-refractivity contribution in [2.45, 2.75) is 18.6 Å². The number of hydrogen-bond donors (Lipinski definition) is 0. The van der Waals surface area contributed by atoms with Crippen LogP contribution < -0.4 is 0 Å². The van der Waals surface area contributed by atoms with E-state index in [1.54, 1.807) is 17.0 Å². The molecule has 20 heavy (non-hydrogen) atoms. The molecule has 1 spiro atoms. The Bertz CT molecular complexity index is 544. The average molecular weight is 273 g/mol. The van der Waals surface area contributed by atoms with Crippen LogP contribution in [-0.4, -0.2) is 47.9 Å². The number of amides is 1. The Morgan fingerprint density at radius 1 is 1.40 bits per heavy atom. The van der Waals surface area contributed by atoms with Gasteiger partial charge in [0, 0.05) is 19.2 Å². The fourth-order valence-electron chi connectivity index (χ4n) is 2.64. The van der Waals surface area contributed by atoms with Crippen LogP contribution >= 0.6 is 0 Å². The summed E-state index contributed by atoms with van der Waals surface area (Å²) < 4.78 is 11.3. The van der Waals surface area contributed by atoms with Gasteiger partial charge in [-0.1, -0.05) is 0 Å². The zero-order valence-electron chi connectivity index (χ0n) is 11.0. The van der Waals surface area contributed by atoms with Crippen LogP contribution in [0.1, 0.15) is 28.9 Å². The molecule has 0 radical (unpaired) electrons. The molecule has 0 bridgehead atoms. The van der Waals surface area contributed by atoms with E-state index in [1.165, 1.54) is 6.20 Å². The molecule has 0 unspecified atom stereocenters. The van der Waals surface area contributed by atoms with E-state index in [2.05, 4.69) is 4.98 Å². The van der Waals surface area contributed by atoms with Crippen molar-refractivity contribution in [3.63, 3.8) is 0 Å². The second-order valence-electron chi connectivity index (χ2n) is 4.98. The van der Waals surface area contributed by atoms with Gasteiger partial charge in [-0.3, -0.25) is 4.79 Å². The Morgan fingerprint density at radius 2 is 2.20 bits per heavy atom. The predicted octanol–water partition coefficient (Wildman–Crippen LogP) is 0.932. The largest absolute Gasteiger partial charge is 0.346 e. The Morgan fingerprint density at radius 3 is 2.85 bits per heavy atom. The Labute approximate surface area is 116 Å². The lowest BCUT2D eigenvalue weighted by molar-refractivity contribution is -0.183. The molecule has 0 atom stereocenters. The summed E-state index contributed by atoms with van der Waals surface area (Å²) in [5.41, 5.74) is 0.790. The quantitative estimate of drug-likeness (QED) is 0.761. The Kier molecular flexibility index (Phi) is 3.38. The summed E-state index contributed by atoms with van der Waals surface area (Å²) in [6.07, 6.45) is 3.08. The number of likely N-dealkylation sites (tertiary alicyclic amines) is 1. The van der Waals surface area contributed by atoms with Crippen LogP contribution in [0, 0.1) is 11.3 Å². The molecule has 0 N–H and O–H groups in total. The molecule has 6 heteroatoms. The highest BCUT2D eigenvalue weighted by molar-refractivity contribution is 5.92. The van der Waals surface area contributed by atoms with Crippen LogP contribution in [0.4, 0.5) is 0 Å². The van der Waals surface area contributed by atoms with Crippen molar-refractivity contribution in [2.75, 3.05) is 26.3 Å². The number of ether oxygens (including phenoxy) is 2. The number of carbonyl (C=O) groups excluding carboxylic acids is 1. The number of hydrogen-bond acceptors (Lipinski definition) is 5. The standard InChI is InChI=1S/C14H15N3O3/c15-8-11-2-3-12(16-9-11)13(18)17-5-1-4-14(10-17)19-6-7-20-14/h2-3,9H,1,4-7,10H2. The number of nitrogens with zero attached hydrogens (tertiary/aromatic N) is 3. The van der Waals surface area contributed by atoms with E-state index in [-0.39, 0.29) is 5.91 Å². The normalized spacial score (nSPS) is 20.9. The van der Waals surface area contributed by atoms with Crippen molar-refractivity contribution in [2.24, 2.45) is 0 Å². The van der Waals surface area contributed by atoms with Crippen molar-refractivity contribution in [1.29, 1.82) is 5.26 Å². The molecule has 1 aromatic heterocycles. The molecule has 2 aliphatic heterocycles. The minimum Gasteiger partial charge on any atom is -0.346 e. The van der Waals surface area contributed by atoms with E-state index >= 15 is 0 Å². The number of rotatable bonds is 1. The molecule has 104 valence electrons. The number of pyridine rings is 1.